The summed E-state index contributed by atoms with van der Waals surface area (Å²) in [4.78, 5) is 13.9. The van der Waals surface area contributed by atoms with Gasteiger partial charge in [0.05, 0.1) is 6.10 Å². The van der Waals surface area contributed by atoms with Gasteiger partial charge >= 0.3 is 0 Å². The van der Waals surface area contributed by atoms with Crippen molar-refractivity contribution in [3.63, 3.8) is 0 Å². The molecule has 5 heteroatoms. The molecule has 1 aliphatic carbocycles. The zero-order valence-corrected chi connectivity index (χ0v) is 9.87. The molecular weight excluding hydrogens is 206 g/mol. The highest BCUT2D eigenvalue weighted by Crippen LogP contribution is 2.39. The Bertz CT molecular complexity index is 258. The summed E-state index contributed by atoms with van der Waals surface area (Å²) in [6, 6.07) is 0. The molecule has 16 heavy (non-hydrogen) atoms. The maximum absolute atomic E-state index is 11.7. The second-order valence-corrected chi connectivity index (χ2v) is 4.62. The third kappa shape index (κ3) is 1.95. The fourth-order valence-electron chi connectivity index (χ4n) is 2.76. The Kier molecular flexibility index (Phi) is 3.47. The van der Waals surface area contributed by atoms with Gasteiger partial charge in [0.15, 0.2) is 0 Å². The third-order valence-corrected chi connectivity index (χ3v) is 3.71. The second-order valence-electron chi connectivity index (χ2n) is 4.62. The minimum absolute atomic E-state index is 0.189. The predicted molar refractivity (Wildman–Crippen MR) is 61.0 cm³/mol. The zero-order chi connectivity index (χ0) is 11.6. The summed E-state index contributed by atoms with van der Waals surface area (Å²) in [5.74, 6) is -0.189. The van der Waals surface area contributed by atoms with Gasteiger partial charge in [-0.2, -0.15) is 0 Å². The Hall–Kier alpha value is -0.650. The molecule has 0 bridgehead atoms. The molecule has 0 aromatic carbocycles. The largest absolute Gasteiger partial charge is 0.378 e. The molecule has 2 rings (SSSR count). The Morgan fingerprint density at radius 3 is 2.62 bits per heavy atom. The lowest BCUT2D eigenvalue weighted by Crippen LogP contribution is -2.69. The number of hydrogen-bond donors (Lipinski definition) is 2. The highest BCUT2D eigenvalue weighted by molar-refractivity contribution is 5.86. The van der Waals surface area contributed by atoms with Crippen LogP contribution in [0.1, 0.15) is 19.8 Å². The van der Waals surface area contributed by atoms with Gasteiger partial charge < -0.3 is 15.8 Å². The van der Waals surface area contributed by atoms with E-state index >= 15 is 0 Å². The van der Waals surface area contributed by atoms with E-state index < -0.39 is 5.54 Å². The van der Waals surface area contributed by atoms with E-state index in [0.717, 1.165) is 39.0 Å². The first-order chi connectivity index (χ1) is 7.69. The predicted octanol–water partition coefficient (Wildman–Crippen LogP) is -0.685. The van der Waals surface area contributed by atoms with Crippen molar-refractivity contribution in [2.45, 2.75) is 31.4 Å². The van der Waals surface area contributed by atoms with Crippen LogP contribution < -0.4 is 11.1 Å². The van der Waals surface area contributed by atoms with Crippen LogP contribution >= 0.6 is 0 Å². The lowest BCUT2D eigenvalue weighted by molar-refractivity contribution is -0.153. The summed E-state index contributed by atoms with van der Waals surface area (Å²) < 4.78 is 5.52. The van der Waals surface area contributed by atoms with E-state index in [0.29, 0.717) is 6.61 Å². The number of rotatable bonds is 4. The second kappa shape index (κ2) is 4.69. The van der Waals surface area contributed by atoms with Crippen LogP contribution in [0.25, 0.3) is 0 Å². The summed E-state index contributed by atoms with van der Waals surface area (Å²) in [5.41, 5.74) is 5.14. The van der Waals surface area contributed by atoms with E-state index in [2.05, 4.69) is 10.2 Å². The van der Waals surface area contributed by atoms with Crippen molar-refractivity contribution in [2.24, 2.45) is 5.73 Å². The van der Waals surface area contributed by atoms with Gasteiger partial charge in [-0.1, -0.05) is 0 Å². The minimum Gasteiger partial charge on any atom is -0.378 e. The van der Waals surface area contributed by atoms with Crippen molar-refractivity contribution < 1.29 is 9.53 Å². The van der Waals surface area contributed by atoms with Crippen molar-refractivity contribution in [3.8, 4) is 0 Å². The molecule has 2 aliphatic rings. The van der Waals surface area contributed by atoms with Crippen LogP contribution in [0.4, 0.5) is 0 Å². The smallest absolute Gasteiger partial charge is 0.238 e. The molecule has 1 saturated heterocycles. The first kappa shape index (κ1) is 11.8. The molecule has 3 N–H and O–H groups in total. The molecule has 5 nitrogen and oxygen atoms in total. The van der Waals surface area contributed by atoms with Crippen LogP contribution in [0.5, 0.6) is 0 Å². The summed E-state index contributed by atoms with van der Waals surface area (Å²) in [6.07, 6.45) is 1.74. The van der Waals surface area contributed by atoms with Crippen LogP contribution in [-0.4, -0.2) is 55.2 Å². The molecule has 1 amide bonds. The summed E-state index contributed by atoms with van der Waals surface area (Å²) in [5, 5.41) is 3.29. The van der Waals surface area contributed by atoms with E-state index in [4.69, 9.17) is 10.5 Å². The Labute approximate surface area is 96.3 Å². The fourth-order valence-corrected chi connectivity index (χ4v) is 2.76. The van der Waals surface area contributed by atoms with Crippen molar-refractivity contribution in [1.82, 2.24) is 10.2 Å². The zero-order valence-electron chi connectivity index (χ0n) is 9.87. The molecule has 0 radical (unpaired) electrons. The highest BCUT2D eigenvalue weighted by atomic mass is 16.5. The highest BCUT2D eigenvalue weighted by Gasteiger charge is 2.53. The van der Waals surface area contributed by atoms with Gasteiger partial charge in [0.1, 0.15) is 5.54 Å². The van der Waals surface area contributed by atoms with Crippen LogP contribution in [0, 0.1) is 0 Å². The van der Waals surface area contributed by atoms with E-state index in [1.54, 1.807) is 0 Å². The number of amides is 1. The van der Waals surface area contributed by atoms with Crippen LogP contribution in [0.2, 0.25) is 0 Å². The molecule has 0 aromatic heterocycles. The third-order valence-electron chi connectivity index (χ3n) is 3.71. The average molecular weight is 227 g/mol. The van der Waals surface area contributed by atoms with Crippen molar-refractivity contribution in [2.75, 3.05) is 32.8 Å². The number of primary amides is 1. The maximum atomic E-state index is 11.7. The minimum atomic E-state index is -0.429. The quantitative estimate of drug-likeness (QED) is 0.667. The standard InChI is InChI=1S/C11H21N3O2/c1-2-16-9-7-11(8-9,10(12)15)14-5-3-13-4-6-14/h9,13H,2-8H2,1H3,(H2,12,15). The van der Waals surface area contributed by atoms with Crippen molar-refractivity contribution in [1.29, 1.82) is 0 Å². The van der Waals surface area contributed by atoms with Gasteiger partial charge in [-0.3, -0.25) is 9.69 Å². The van der Waals surface area contributed by atoms with Gasteiger partial charge in [0.2, 0.25) is 5.91 Å². The van der Waals surface area contributed by atoms with Crippen molar-refractivity contribution >= 4 is 5.91 Å². The Morgan fingerprint density at radius 2 is 2.12 bits per heavy atom. The molecule has 92 valence electrons. The SMILES string of the molecule is CCOC1CC(C(N)=O)(N2CCNCC2)C1. The van der Waals surface area contributed by atoms with E-state index in [9.17, 15) is 4.79 Å². The van der Waals surface area contributed by atoms with Crippen LogP contribution in [0.3, 0.4) is 0 Å². The van der Waals surface area contributed by atoms with Gasteiger partial charge in [-0.25, -0.2) is 0 Å². The van der Waals surface area contributed by atoms with E-state index in [-0.39, 0.29) is 12.0 Å². The van der Waals surface area contributed by atoms with Gasteiger partial charge in [0.25, 0.3) is 0 Å². The summed E-state index contributed by atoms with van der Waals surface area (Å²) in [7, 11) is 0. The molecule has 1 saturated carbocycles. The van der Waals surface area contributed by atoms with Crippen LogP contribution in [0.15, 0.2) is 0 Å². The molecule has 0 unspecified atom stereocenters. The average Bonchev–Trinajstić information content (AvgIpc) is 2.23. The summed E-state index contributed by atoms with van der Waals surface area (Å²) in [6.45, 7) is 6.38. The summed E-state index contributed by atoms with van der Waals surface area (Å²) >= 11 is 0. The molecule has 0 spiro atoms. The molecular formula is C11H21N3O2. The molecule has 2 fully saturated rings. The number of nitrogens with one attached hydrogen (secondary N) is 1. The van der Waals surface area contributed by atoms with Gasteiger partial charge in [-0.15, -0.1) is 0 Å². The fraction of sp³-hybridized carbons (Fsp3) is 0.909. The lowest BCUT2D eigenvalue weighted by atomic mass is 9.72. The van der Waals surface area contributed by atoms with E-state index in [1.165, 1.54) is 0 Å². The number of nitrogens with two attached hydrogens (primary N) is 1. The monoisotopic (exact) mass is 227 g/mol. The van der Waals surface area contributed by atoms with Crippen LogP contribution in [-0.2, 0) is 9.53 Å². The number of hydrogen-bond acceptors (Lipinski definition) is 4. The molecule has 1 heterocycles. The van der Waals surface area contributed by atoms with Crippen molar-refractivity contribution in [3.05, 3.63) is 0 Å². The first-order valence-electron chi connectivity index (χ1n) is 6.06. The molecule has 0 aromatic rings. The van der Waals surface area contributed by atoms with Gasteiger partial charge in [0, 0.05) is 45.6 Å². The number of ether oxygens (including phenoxy) is 1. The van der Waals surface area contributed by atoms with Gasteiger partial charge in [-0.05, 0) is 6.92 Å². The van der Waals surface area contributed by atoms with E-state index in [1.807, 2.05) is 6.92 Å². The number of nitrogens with zero attached hydrogens (tertiary/aromatic N) is 1. The number of carbonyl (C=O) groups is 1. The molecule has 0 atom stereocenters. The lowest BCUT2D eigenvalue weighted by Gasteiger charge is -2.52. The number of carbonyl (C=O) groups excluding carboxylic acids is 1. The number of piperazine rings is 1. The Morgan fingerprint density at radius 1 is 1.50 bits per heavy atom. The normalized spacial score (nSPS) is 35.7. The maximum Gasteiger partial charge on any atom is 0.238 e. The first-order valence-corrected chi connectivity index (χ1v) is 6.06. The topological polar surface area (TPSA) is 67.6 Å². The Balaban J connectivity index is 1.98. The molecule has 1 aliphatic heterocycles.